The Labute approximate surface area is 133 Å². The van der Waals surface area contributed by atoms with Gasteiger partial charge >= 0.3 is 5.97 Å². The Morgan fingerprint density at radius 1 is 1.35 bits per heavy atom. The standard InChI is InChI=1S/C18H17NO4/c1-22-18(21)16(11-20)15-5-3-2-4-12(15)8-9-14-10-17(19-23-14)13-6-7-13/h2-5,8-11,13,20H,6-7H2,1H3. The maximum absolute atomic E-state index is 11.8. The highest BCUT2D eigenvalue weighted by atomic mass is 16.5. The lowest BCUT2D eigenvalue weighted by Crippen LogP contribution is -2.05. The van der Waals surface area contributed by atoms with Gasteiger partial charge in [0, 0.05) is 12.0 Å². The number of nitrogens with zero attached hydrogens (tertiary/aromatic N) is 1. The third-order valence-electron chi connectivity index (χ3n) is 3.75. The predicted molar refractivity (Wildman–Crippen MR) is 86.5 cm³/mol. The zero-order valence-electron chi connectivity index (χ0n) is 12.7. The number of aliphatic hydroxyl groups excluding tert-OH is 1. The van der Waals surface area contributed by atoms with Gasteiger partial charge in [0.2, 0.25) is 0 Å². The maximum Gasteiger partial charge on any atom is 0.341 e. The fraction of sp³-hybridized carbons (Fsp3) is 0.222. The van der Waals surface area contributed by atoms with Crippen molar-refractivity contribution in [1.82, 2.24) is 5.16 Å². The van der Waals surface area contributed by atoms with Crippen LogP contribution >= 0.6 is 0 Å². The van der Waals surface area contributed by atoms with Crippen LogP contribution in [0.15, 0.2) is 41.1 Å². The van der Waals surface area contributed by atoms with E-state index in [1.165, 1.54) is 20.0 Å². The van der Waals surface area contributed by atoms with Crippen LogP contribution in [0.3, 0.4) is 0 Å². The summed E-state index contributed by atoms with van der Waals surface area (Å²) in [6.45, 7) is 0. The summed E-state index contributed by atoms with van der Waals surface area (Å²) in [5.41, 5.74) is 2.44. The van der Waals surface area contributed by atoms with Crippen LogP contribution in [0.2, 0.25) is 0 Å². The summed E-state index contributed by atoms with van der Waals surface area (Å²) in [5.74, 6) is 0.606. The molecule has 5 heteroatoms. The molecule has 0 amide bonds. The highest BCUT2D eigenvalue weighted by Gasteiger charge is 2.26. The van der Waals surface area contributed by atoms with Gasteiger partial charge in [-0.2, -0.15) is 0 Å². The lowest BCUT2D eigenvalue weighted by atomic mass is 10.00. The van der Waals surface area contributed by atoms with Gasteiger partial charge in [-0.25, -0.2) is 4.79 Å². The number of aliphatic hydroxyl groups is 1. The monoisotopic (exact) mass is 311 g/mol. The summed E-state index contributed by atoms with van der Waals surface area (Å²) in [6.07, 6.45) is 6.71. The summed E-state index contributed by atoms with van der Waals surface area (Å²) in [7, 11) is 1.28. The number of hydrogen-bond donors (Lipinski definition) is 1. The second-order valence-electron chi connectivity index (χ2n) is 5.38. The maximum atomic E-state index is 11.8. The van der Waals surface area contributed by atoms with E-state index in [0.717, 1.165) is 17.5 Å². The molecule has 0 atom stereocenters. The highest BCUT2D eigenvalue weighted by Crippen LogP contribution is 2.39. The molecule has 1 N–H and O–H groups in total. The van der Waals surface area contributed by atoms with Crippen molar-refractivity contribution in [3.05, 3.63) is 59.2 Å². The molecule has 0 aliphatic heterocycles. The number of carbonyl (C=O) groups is 1. The van der Waals surface area contributed by atoms with Crippen molar-refractivity contribution >= 4 is 23.7 Å². The summed E-state index contributed by atoms with van der Waals surface area (Å²) < 4.78 is 9.98. The molecule has 5 nitrogen and oxygen atoms in total. The molecule has 0 saturated heterocycles. The Hall–Kier alpha value is -2.82. The van der Waals surface area contributed by atoms with Crippen LogP contribution < -0.4 is 0 Å². The molecule has 1 fully saturated rings. The number of benzene rings is 1. The van der Waals surface area contributed by atoms with Crippen molar-refractivity contribution in [3.63, 3.8) is 0 Å². The summed E-state index contributed by atoms with van der Waals surface area (Å²) in [6, 6.07) is 9.16. The number of hydrogen-bond acceptors (Lipinski definition) is 5. The van der Waals surface area contributed by atoms with Gasteiger partial charge in [-0.3, -0.25) is 0 Å². The minimum atomic E-state index is -0.593. The topological polar surface area (TPSA) is 72.6 Å². The van der Waals surface area contributed by atoms with Gasteiger partial charge < -0.3 is 14.4 Å². The normalized spacial score (nSPS) is 15.1. The van der Waals surface area contributed by atoms with Crippen LogP contribution in [0.25, 0.3) is 17.7 Å². The zero-order chi connectivity index (χ0) is 16.2. The predicted octanol–water partition coefficient (Wildman–Crippen LogP) is 3.79. The lowest BCUT2D eigenvalue weighted by molar-refractivity contribution is -0.133. The van der Waals surface area contributed by atoms with Gasteiger partial charge in [0.15, 0.2) is 5.76 Å². The molecule has 1 aromatic carbocycles. The van der Waals surface area contributed by atoms with E-state index in [1.807, 2.05) is 24.3 Å². The van der Waals surface area contributed by atoms with Crippen molar-refractivity contribution in [2.45, 2.75) is 18.8 Å². The Balaban J connectivity index is 1.87. The van der Waals surface area contributed by atoms with Gasteiger partial charge in [-0.05, 0) is 30.0 Å². The van der Waals surface area contributed by atoms with Crippen LogP contribution in [-0.4, -0.2) is 23.3 Å². The number of carbonyl (C=O) groups excluding carboxylic acids is 1. The molecule has 1 saturated carbocycles. The number of esters is 1. The molecule has 0 radical (unpaired) electrons. The Kier molecular flexibility index (Phi) is 4.28. The molecule has 1 aromatic heterocycles. The molecule has 0 unspecified atom stereocenters. The molecule has 0 bridgehead atoms. The number of rotatable bonds is 5. The Morgan fingerprint density at radius 3 is 2.83 bits per heavy atom. The van der Waals surface area contributed by atoms with Crippen LogP contribution in [0.1, 0.15) is 41.3 Å². The molecular formula is C18H17NO4. The second kappa shape index (κ2) is 6.52. The first-order chi connectivity index (χ1) is 11.2. The summed E-state index contributed by atoms with van der Waals surface area (Å²) in [5, 5.41) is 13.4. The number of ether oxygens (including phenoxy) is 1. The van der Waals surface area contributed by atoms with E-state index in [2.05, 4.69) is 5.16 Å². The fourth-order valence-electron chi connectivity index (χ4n) is 2.36. The third kappa shape index (κ3) is 3.34. The molecule has 23 heavy (non-hydrogen) atoms. The van der Waals surface area contributed by atoms with Crippen molar-refractivity contribution < 1.29 is 19.2 Å². The van der Waals surface area contributed by atoms with Gasteiger partial charge in [0.05, 0.1) is 19.1 Å². The quantitative estimate of drug-likeness (QED) is 0.516. The average Bonchev–Trinajstić information content (AvgIpc) is 3.33. The van der Waals surface area contributed by atoms with E-state index in [0.29, 0.717) is 17.2 Å². The highest BCUT2D eigenvalue weighted by molar-refractivity contribution is 6.17. The van der Waals surface area contributed by atoms with E-state index < -0.39 is 5.97 Å². The van der Waals surface area contributed by atoms with Crippen LogP contribution in [0.5, 0.6) is 0 Å². The van der Waals surface area contributed by atoms with E-state index in [4.69, 9.17) is 9.26 Å². The van der Waals surface area contributed by atoms with Crippen LogP contribution in [-0.2, 0) is 9.53 Å². The fourth-order valence-corrected chi connectivity index (χ4v) is 2.36. The summed E-state index contributed by atoms with van der Waals surface area (Å²) >= 11 is 0. The second-order valence-corrected chi connectivity index (χ2v) is 5.38. The van der Waals surface area contributed by atoms with E-state index in [-0.39, 0.29) is 5.57 Å². The summed E-state index contributed by atoms with van der Waals surface area (Å²) in [4.78, 5) is 11.8. The molecule has 1 heterocycles. The Bertz CT molecular complexity index is 769. The first-order valence-corrected chi connectivity index (χ1v) is 7.39. The zero-order valence-corrected chi connectivity index (χ0v) is 12.7. The molecule has 1 aliphatic carbocycles. The molecule has 0 spiro atoms. The molecule has 3 rings (SSSR count). The van der Waals surface area contributed by atoms with Crippen molar-refractivity contribution in [2.75, 3.05) is 7.11 Å². The van der Waals surface area contributed by atoms with Crippen molar-refractivity contribution in [2.24, 2.45) is 0 Å². The average molecular weight is 311 g/mol. The SMILES string of the molecule is COC(=O)C(=CO)c1ccccc1C=Cc1cc(C2CC2)no1. The first kappa shape index (κ1) is 15.1. The molecular weight excluding hydrogens is 294 g/mol. The van der Waals surface area contributed by atoms with E-state index in [9.17, 15) is 9.90 Å². The number of methoxy groups -OCH3 is 1. The van der Waals surface area contributed by atoms with E-state index >= 15 is 0 Å². The van der Waals surface area contributed by atoms with Crippen molar-refractivity contribution in [3.8, 4) is 0 Å². The first-order valence-electron chi connectivity index (χ1n) is 7.39. The van der Waals surface area contributed by atoms with Crippen LogP contribution in [0, 0.1) is 0 Å². The molecule has 118 valence electrons. The minimum Gasteiger partial charge on any atom is -0.515 e. The molecule has 2 aromatic rings. The van der Waals surface area contributed by atoms with Crippen LogP contribution in [0.4, 0.5) is 0 Å². The van der Waals surface area contributed by atoms with Crippen molar-refractivity contribution in [1.29, 1.82) is 0 Å². The third-order valence-corrected chi connectivity index (χ3v) is 3.75. The smallest absolute Gasteiger partial charge is 0.341 e. The minimum absolute atomic E-state index is 0.101. The Morgan fingerprint density at radius 2 is 2.13 bits per heavy atom. The molecule has 1 aliphatic rings. The van der Waals surface area contributed by atoms with Gasteiger partial charge in [0.25, 0.3) is 0 Å². The van der Waals surface area contributed by atoms with E-state index in [1.54, 1.807) is 18.2 Å². The number of aromatic nitrogens is 1. The van der Waals surface area contributed by atoms with Gasteiger partial charge in [-0.15, -0.1) is 0 Å². The largest absolute Gasteiger partial charge is 0.515 e. The van der Waals surface area contributed by atoms with Gasteiger partial charge in [-0.1, -0.05) is 35.5 Å². The lowest BCUT2D eigenvalue weighted by Gasteiger charge is -2.07. The van der Waals surface area contributed by atoms with Gasteiger partial charge in [0.1, 0.15) is 5.57 Å².